The molecule has 0 bridgehead atoms. The first kappa shape index (κ1) is 39.8. The molecule has 0 heterocycles. The smallest absolute Gasteiger partial charge is 1.00 e. The number of carboxylic acid groups (broad SMARTS) is 3. The Hall–Kier alpha value is 2.81. The van der Waals surface area contributed by atoms with Gasteiger partial charge in [-0.3, -0.25) is 14.1 Å². The first-order valence-corrected chi connectivity index (χ1v) is 5.45. The zero-order valence-corrected chi connectivity index (χ0v) is 22.3. The largest absolute Gasteiger partial charge is 1.00 e. The van der Waals surface area contributed by atoms with Gasteiger partial charge >= 0.3 is 144 Å². The van der Waals surface area contributed by atoms with Crippen molar-refractivity contribution in [2.24, 2.45) is 0 Å². The summed E-state index contributed by atoms with van der Waals surface area (Å²) in [6.07, 6.45) is -2.81. The average Bonchev–Trinajstić information content (AvgIpc) is 1.96. The van der Waals surface area contributed by atoms with Crippen LogP contribution in [0.3, 0.4) is 0 Å². The van der Waals surface area contributed by atoms with Gasteiger partial charge in [-0.25, -0.2) is 9.36 Å². The van der Waals surface area contributed by atoms with Crippen LogP contribution in [-0.4, -0.2) is 48.6 Å². The summed E-state index contributed by atoms with van der Waals surface area (Å²) in [5.41, 5.74) is -3.02. The Bertz CT molecular complexity index is 401. The maximum atomic E-state index is 10.8. The molecule has 5 N–H and O–H groups in total. The molecular weight excluding hydrogens is 390 g/mol. The van der Waals surface area contributed by atoms with Crippen molar-refractivity contribution >= 4 is 38.1 Å². The van der Waals surface area contributed by atoms with Gasteiger partial charge < -0.3 is 30.8 Å². The molecule has 22 heavy (non-hydrogen) atoms. The summed E-state index contributed by atoms with van der Waals surface area (Å²) in [6.45, 7) is 0. The topological polar surface area (TPSA) is 179 Å². The number of rotatable bonds is 7. The second-order valence-corrected chi connectivity index (χ2v) is 4.19. The molecule has 0 aliphatic rings. The van der Waals surface area contributed by atoms with Gasteiger partial charge in [-0.2, -0.15) is 0 Å². The Morgan fingerprint density at radius 3 is 1.32 bits per heavy atom. The van der Waals surface area contributed by atoms with Crippen LogP contribution in [-0.2, 0) is 23.5 Å². The number of phosphoric ester groups is 1. The van der Waals surface area contributed by atoms with E-state index in [0.717, 1.165) is 0 Å². The zero-order valence-electron chi connectivity index (χ0n) is 16.5. The number of aliphatic carboxylic acids is 3. The van der Waals surface area contributed by atoms with Crippen molar-refractivity contribution < 1.29 is 173 Å². The fraction of sp³-hybridized carbons (Fsp3) is 0.500. The molecule has 0 unspecified atom stereocenters. The Morgan fingerprint density at radius 2 is 1.18 bits per heavy atom. The van der Waals surface area contributed by atoms with Crippen LogP contribution < -0.4 is 118 Å². The molecule has 0 saturated carbocycles. The predicted molar refractivity (Wildman–Crippen MR) is 59.7 cm³/mol. The first-order valence-electron chi connectivity index (χ1n) is 3.92. The molecule has 0 amide bonds. The summed E-state index contributed by atoms with van der Waals surface area (Å²) in [6, 6.07) is 0. The van der Waals surface area contributed by atoms with Crippen LogP contribution in [0.4, 0.5) is 0 Å². The zero-order chi connectivity index (χ0) is 13.9. The van der Waals surface area contributed by atoms with Gasteiger partial charge in [-0.1, -0.05) is 0 Å². The van der Waals surface area contributed by atoms with Crippen LogP contribution in [0.25, 0.3) is 0 Å². The number of carbonyl (C=O) groups is 3. The molecule has 0 aliphatic carbocycles. The van der Waals surface area contributed by atoms with Crippen LogP contribution in [0, 0.1) is 0 Å². The van der Waals surface area contributed by atoms with E-state index in [1.165, 1.54) is 0 Å². The molecule has 0 saturated heterocycles. The molecule has 0 fully saturated rings. The van der Waals surface area contributed by atoms with Crippen LogP contribution in [0.5, 0.6) is 0 Å². The number of phosphoric acid groups is 1. The molecule has 0 rings (SSSR count). The molecule has 0 aromatic rings. The fourth-order valence-electron chi connectivity index (χ4n) is 1.03. The van der Waals surface area contributed by atoms with Crippen LogP contribution in [0.1, 0.15) is 18.5 Å². The van der Waals surface area contributed by atoms with Gasteiger partial charge in [0.25, 0.3) is 0 Å². The predicted octanol–water partition coefficient (Wildman–Crippen LogP) is -12.2. The summed E-state index contributed by atoms with van der Waals surface area (Å²) in [4.78, 5) is 48.5. The quantitative estimate of drug-likeness (QED) is 0.202. The van der Waals surface area contributed by atoms with Crippen LogP contribution >= 0.6 is 20.2 Å². The van der Waals surface area contributed by atoms with E-state index in [1.54, 1.807) is 0 Å². The Balaban J connectivity index is -0.0000000356. The van der Waals surface area contributed by atoms with Gasteiger partial charge in [0.1, 0.15) is 0 Å². The number of hydrogen-bond donors (Lipinski definition) is 5. The van der Waals surface area contributed by atoms with Gasteiger partial charge in [-0.15, -0.1) is 12.4 Å². The van der Waals surface area contributed by atoms with Gasteiger partial charge in [-0.05, 0) is 0 Å². The van der Waals surface area contributed by atoms with Gasteiger partial charge in [0.15, 0.2) is 5.60 Å². The van der Waals surface area contributed by atoms with Crippen molar-refractivity contribution in [2.45, 2.75) is 18.4 Å². The minimum absolute atomic E-state index is 0. The van der Waals surface area contributed by atoms with E-state index in [-0.39, 0.29) is 136 Å². The summed E-state index contributed by atoms with van der Waals surface area (Å²) in [7, 11) is -5.36. The van der Waals surface area contributed by atoms with E-state index in [0.29, 0.717) is 0 Å². The van der Waals surface area contributed by atoms with E-state index >= 15 is 0 Å². The first-order chi connectivity index (χ1) is 7.48. The summed E-state index contributed by atoms with van der Waals surface area (Å²) < 4.78 is 14.4. The van der Waals surface area contributed by atoms with Crippen molar-refractivity contribution in [3.8, 4) is 0 Å². The molecule has 10 nitrogen and oxygen atoms in total. The number of hydrogen-bond acceptors (Lipinski definition) is 5. The van der Waals surface area contributed by atoms with Gasteiger partial charge in [0.05, 0.1) is 12.8 Å². The SMILES string of the molecule is Cl.O=C(O)CC(CC(=O)O)(OP(=O)(O)O)C(=O)O.[H-].[H-].[H-].[H-].[Na+].[Na+].[Na+].[Na+]. The van der Waals surface area contributed by atoms with Crippen molar-refractivity contribution in [1.82, 2.24) is 0 Å². The molecule has 0 aromatic heterocycles. The van der Waals surface area contributed by atoms with Gasteiger partial charge in [0, 0.05) is 0 Å². The number of carboxylic acids is 3. The summed E-state index contributed by atoms with van der Waals surface area (Å²) in [5.74, 6) is -5.64. The average molecular weight is 405 g/mol. The van der Waals surface area contributed by atoms with Crippen molar-refractivity contribution in [1.29, 1.82) is 0 Å². The molecule has 0 aromatic carbocycles. The molecule has 0 atom stereocenters. The standard InChI is InChI=1S/C6H9O10P.ClH.4Na.4H/c7-3(8)1-6(5(11)12,2-4(9)10)16-17(13,14)15;;;;;;;;;/h1-2H2,(H,7,8)(H,9,10)(H,11,12)(H2,13,14,15);1H;;;;;;;;/q;;4*+1;4*-1. The monoisotopic (exact) mass is 404 g/mol. The minimum atomic E-state index is -5.36. The van der Waals surface area contributed by atoms with Gasteiger partial charge in [0.2, 0.25) is 0 Å². The molecule has 0 spiro atoms. The second-order valence-electron chi connectivity index (χ2n) is 3.02. The van der Waals surface area contributed by atoms with E-state index < -0.39 is 44.2 Å². The Morgan fingerprint density at radius 1 is 0.909 bits per heavy atom. The molecule has 114 valence electrons. The van der Waals surface area contributed by atoms with Crippen LogP contribution in [0.15, 0.2) is 0 Å². The summed E-state index contributed by atoms with van der Waals surface area (Å²) in [5, 5.41) is 25.5. The van der Waals surface area contributed by atoms with E-state index in [2.05, 4.69) is 4.52 Å². The Kier molecular flexibility index (Phi) is 31.1. The third kappa shape index (κ3) is 17.6. The Labute approximate surface area is 225 Å². The maximum absolute atomic E-state index is 10.8. The third-order valence-corrected chi connectivity index (χ3v) is 2.14. The minimum Gasteiger partial charge on any atom is -1.00 e. The third-order valence-electron chi connectivity index (χ3n) is 1.56. The van der Waals surface area contributed by atoms with Crippen molar-refractivity contribution in [3.05, 3.63) is 0 Å². The van der Waals surface area contributed by atoms with E-state index in [9.17, 15) is 18.9 Å². The molecular formula is C6H14ClNa4O10P. The van der Waals surface area contributed by atoms with E-state index in [1.807, 2.05) is 0 Å². The van der Waals surface area contributed by atoms with E-state index in [4.69, 9.17) is 25.1 Å². The molecule has 0 aliphatic heterocycles. The summed E-state index contributed by atoms with van der Waals surface area (Å²) >= 11 is 0. The van der Waals surface area contributed by atoms with Crippen molar-refractivity contribution in [3.63, 3.8) is 0 Å². The molecule has 0 radical (unpaired) electrons. The van der Waals surface area contributed by atoms with Crippen molar-refractivity contribution in [2.75, 3.05) is 0 Å². The fourth-order valence-corrected chi connectivity index (χ4v) is 1.70. The molecule has 16 heteroatoms. The van der Waals surface area contributed by atoms with Crippen LogP contribution in [0.2, 0.25) is 0 Å². The number of halogens is 1. The second kappa shape index (κ2) is 17.2. The maximum Gasteiger partial charge on any atom is 1.00 e. The normalized spacial score (nSPS) is 9.36.